The molecular formula is C9H10F3N3. The highest BCUT2D eigenvalue weighted by Crippen LogP contribution is 2.50. The van der Waals surface area contributed by atoms with Gasteiger partial charge in [0.2, 0.25) is 5.95 Å². The molecule has 82 valence electrons. The van der Waals surface area contributed by atoms with E-state index in [1.165, 1.54) is 6.20 Å². The van der Waals surface area contributed by atoms with Gasteiger partial charge in [-0.2, -0.15) is 13.2 Å². The number of hydrogen-bond donors (Lipinski definition) is 1. The summed E-state index contributed by atoms with van der Waals surface area (Å²) in [4.78, 5) is 7.65. The number of alkyl halides is 3. The molecule has 1 aromatic rings. The number of rotatable bonds is 2. The number of aromatic nitrogens is 2. The molecule has 1 aliphatic rings. The maximum atomic E-state index is 12.6. The Bertz CT molecular complexity index is 371. The smallest absolute Gasteiger partial charge is 0.340 e. The Morgan fingerprint density at radius 1 is 1.40 bits per heavy atom. The lowest BCUT2D eigenvalue weighted by molar-refractivity contribution is -0.151. The molecule has 6 heteroatoms. The van der Waals surface area contributed by atoms with Crippen molar-refractivity contribution < 1.29 is 13.2 Å². The third-order valence-electron chi connectivity index (χ3n) is 2.44. The van der Waals surface area contributed by atoms with E-state index >= 15 is 0 Å². The summed E-state index contributed by atoms with van der Waals surface area (Å²) in [5.74, 6) is 0.0461. The summed E-state index contributed by atoms with van der Waals surface area (Å²) < 4.78 is 37.7. The van der Waals surface area contributed by atoms with Crippen molar-refractivity contribution in [2.24, 2.45) is 0 Å². The maximum absolute atomic E-state index is 12.6. The lowest BCUT2D eigenvalue weighted by Gasteiger charge is -2.20. The van der Waals surface area contributed by atoms with Crippen molar-refractivity contribution in [2.45, 2.75) is 31.5 Å². The molecule has 1 aromatic heterocycles. The summed E-state index contributed by atoms with van der Waals surface area (Å²) in [7, 11) is 0. The molecule has 0 bridgehead atoms. The van der Waals surface area contributed by atoms with Crippen LogP contribution in [0.25, 0.3) is 0 Å². The molecule has 1 heterocycles. The second-order valence-corrected chi connectivity index (χ2v) is 3.73. The van der Waals surface area contributed by atoms with E-state index < -0.39 is 11.7 Å². The first-order valence-electron chi connectivity index (χ1n) is 4.58. The molecule has 0 atom stereocenters. The number of nitrogens with one attached hydrogen (secondary N) is 1. The number of halogens is 3. The van der Waals surface area contributed by atoms with Crippen molar-refractivity contribution in [3.8, 4) is 0 Å². The first-order valence-corrected chi connectivity index (χ1v) is 4.58. The molecular weight excluding hydrogens is 207 g/mol. The van der Waals surface area contributed by atoms with Gasteiger partial charge in [0.05, 0.1) is 0 Å². The van der Waals surface area contributed by atoms with E-state index in [9.17, 15) is 13.2 Å². The molecule has 15 heavy (non-hydrogen) atoms. The van der Waals surface area contributed by atoms with Crippen LogP contribution in [0.5, 0.6) is 0 Å². The van der Waals surface area contributed by atoms with Crippen LogP contribution >= 0.6 is 0 Å². The van der Waals surface area contributed by atoms with Crippen LogP contribution in [0.2, 0.25) is 0 Å². The van der Waals surface area contributed by atoms with Gasteiger partial charge in [0.25, 0.3) is 0 Å². The van der Waals surface area contributed by atoms with E-state index in [0.29, 0.717) is 5.69 Å². The van der Waals surface area contributed by atoms with E-state index in [0.717, 1.165) is 0 Å². The maximum Gasteiger partial charge on any atom is 0.411 e. The largest absolute Gasteiger partial charge is 0.411 e. The second-order valence-electron chi connectivity index (χ2n) is 3.73. The number of hydrogen-bond acceptors (Lipinski definition) is 3. The fraction of sp³-hybridized carbons (Fsp3) is 0.556. The topological polar surface area (TPSA) is 37.8 Å². The van der Waals surface area contributed by atoms with Crippen molar-refractivity contribution in [2.75, 3.05) is 5.32 Å². The molecule has 0 aliphatic heterocycles. The fourth-order valence-corrected chi connectivity index (χ4v) is 1.33. The summed E-state index contributed by atoms with van der Waals surface area (Å²) in [5, 5.41) is 2.36. The molecule has 1 aliphatic carbocycles. The van der Waals surface area contributed by atoms with Gasteiger partial charge in [-0.3, -0.25) is 0 Å². The molecule has 0 saturated heterocycles. The predicted molar refractivity (Wildman–Crippen MR) is 48.4 cm³/mol. The minimum absolute atomic E-state index is 0.0461. The Morgan fingerprint density at radius 3 is 2.53 bits per heavy atom. The van der Waals surface area contributed by atoms with Crippen LogP contribution < -0.4 is 5.32 Å². The number of anilines is 1. The predicted octanol–water partition coefficient (Wildman–Crippen LogP) is 2.29. The Balaban J connectivity index is 2.16. The highest BCUT2D eigenvalue weighted by Gasteiger charge is 2.64. The lowest BCUT2D eigenvalue weighted by Crippen LogP contribution is -2.39. The van der Waals surface area contributed by atoms with E-state index in [-0.39, 0.29) is 18.8 Å². The summed E-state index contributed by atoms with van der Waals surface area (Å²) in [6.07, 6.45) is -2.61. The van der Waals surface area contributed by atoms with Gasteiger partial charge in [-0.05, 0) is 25.8 Å². The van der Waals surface area contributed by atoms with Crippen LogP contribution in [0.15, 0.2) is 12.3 Å². The van der Waals surface area contributed by atoms with Gasteiger partial charge in [-0.1, -0.05) is 0 Å². The first-order chi connectivity index (χ1) is 6.93. The van der Waals surface area contributed by atoms with Gasteiger partial charge in [0, 0.05) is 11.9 Å². The molecule has 1 fully saturated rings. The van der Waals surface area contributed by atoms with Gasteiger partial charge < -0.3 is 5.32 Å². The van der Waals surface area contributed by atoms with Crippen LogP contribution in [0.1, 0.15) is 18.5 Å². The zero-order chi connectivity index (χ0) is 11.1. The van der Waals surface area contributed by atoms with Gasteiger partial charge in [-0.25, -0.2) is 9.97 Å². The van der Waals surface area contributed by atoms with Gasteiger partial charge in [-0.15, -0.1) is 0 Å². The third kappa shape index (κ3) is 1.88. The first kappa shape index (κ1) is 10.2. The van der Waals surface area contributed by atoms with E-state index in [4.69, 9.17) is 0 Å². The summed E-state index contributed by atoms with van der Waals surface area (Å²) in [5.41, 5.74) is -1.15. The zero-order valence-corrected chi connectivity index (χ0v) is 8.10. The van der Waals surface area contributed by atoms with Crippen LogP contribution in [-0.2, 0) is 0 Å². The molecule has 0 spiro atoms. The Hall–Kier alpha value is -1.33. The average molecular weight is 217 g/mol. The SMILES string of the molecule is Cc1ccnc(NC2(C(F)(F)F)CC2)n1. The Labute approximate surface area is 84.7 Å². The zero-order valence-electron chi connectivity index (χ0n) is 8.10. The molecule has 0 amide bonds. The fourth-order valence-electron chi connectivity index (χ4n) is 1.33. The van der Waals surface area contributed by atoms with Crippen molar-refractivity contribution >= 4 is 5.95 Å². The van der Waals surface area contributed by atoms with Crippen molar-refractivity contribution in [3.05, 3.63) is 18.0 Å². The van der Waals surface area contributed by atoms with Crippen molar-refractivity contribution in [1.29, 1.82) is 0 Å². The Kier molecular flexibility index (Phi) is 2.09. The quantitative estimate of drug-likeness (QED) is 0.825. The highest BCUT2D eigenvalue weighted by molar-refractivity contribution is 5.35. The molecule has 1 saturated carbocycles. The highest BCUT2D eigenvalue weighted by atomic mass is 19.4. The standard InChI is InChI=1S/C9H10F3N3/c1-6-2-5-13-7(14-6)15-8(3-4-8)9(10,11)12/h2,5H,3-4H2,1H3,(H,13,14,15). The normalized spacial score (nSPS) is 18.7. The van der Waals surface area contributed by atoms with Crippen molar-refractivity contribution in [1.82, 2.24) is 9.97 Å². The average Bonchev–Trinajstić information content (AvgIpc) is 2.84. The van der Waals surface area contributed by atoms with Crippen LogP contribution in [0.3, 0.4) is 0 Å². The monoisotopic (exact) mass is 217 g/mol. The van der Waals surface area contributed by atoms with Crippen LogP contribution in [0.4, 0.5) is 19.1 Å². The third-order valence-corrected chi connectivity index (χ3v) is 2.44. The molecule has 0 unspecified atom stereocenters. The van der Waals surface area contributed by atoms with E-state index in [1.807, 2.05) is 0 Å². The molecule has 0 radical (unpaired) electrons. The van der Waals surface area contributed by atoms with Gasteiger partial charge >= 0.3 is 6.18 Å². The number of nitrogens with zero attached hydrogens (tertiary/aromatic N) is 2. The minimum Gasteiger partial charge on any atom is -0.340 e. The van der Waals surface area contributed by atoms with Crippen LogP contribution in [0, 0.1) is 6.92 Å². The Morgan fingerprint density at radius 2 is 2.07 bits per heavy atom. The number of aryl methyl sites for hydroxylation is 1. The molecule has 2 rings (SSSR count). The minimum atomic E-state index is -4.24. The molecule has 1 N–H and O–H groups in total. The van der Waals surface area contributed by atoms with Gasteiger partial charge in [0.15, 0.2) is 0 Å². The van der Waals surface area contributed by atoms with Crippen LogP contribution in [-0.4, -0.2) is 21.7 Å². The summed E-state index contributed by atoms with van der Waals surface area (Å²) in [6.45, 7) is 1.71. The van der Waals surface area contributed by atoms with E-state index in [1.54, 1.807) is 13.0 Å². The van der Waals surface area contributed by atoms with E-state index in [2.05, 4.69) is 15.3 Å². The van der Waals surface area contributed by atoms with Crippen molar-refractivity contribution in [3.63, 3.8) is 0 Å². The summed E-state index contributed by atoms with van der Waals surface area (Å²) >= 11 is 0. The molecule has 0 aromatic carbocycles. The summed E-state index contributed by atoms with van der Waals surface area (Å²) in [6, 6.07) is 1.64. The lowest BCUT2D eigenvalue weighted by atomic mass is 10.2. The van der Waals surface area contributed by atoms with Gasteiger partial charge in [0.1, 0.15) is 5.54 Å². The molecule has 3 nitrogen and oxygen atoms in total. The second kappa shape index (κ2) is 3.08.